The van der Waals surface area contributed by atoms with Gasteiger partial charge < -0.3 is 15.4 Å². The Kier molecular flexibility index (Phi) is 4.74. The number of nitrogens with zero attached hydrogens (tertiary/aromatic N) is 2. The number of benzene rings is 1. The molecule has 0 aliphatic carbocycles. The summed E-state index contributed by atoms with van der Waals surface area (Å²) in [6.45, 7) is 0. The molecule has 5 nitrogen and oxygen atoms in total. The second-order valence-electron chi connectivity index (χ2n) is 4.09. The maximum atomic E-state index is 12.8. The van der Waals surface area contributed by atoms with Gasteiger partial charge in [0.05, 0.1) is 12.8 Å². The van der Waals surface area contributed by atoms with Gasteiger partial charge in [0.1, 0.15) is 17.1 Å². The summed E-state index contributed by atoms with van der Waals surface area (Å²) >= 11 is 3.30. The molecule has 0 aliphatic heterocycles. The van der Waals surface area contributed by atoms with Gasteiger partial charge in [-0.3, -0.25) is 0 Å². The molecule has 0 atom stereocenters. The van der Waals surface area contributed by atoms with Crippen molar-refractivity contribution in [2.24, 2.45) is 0 Å². The lowest BCUT2D eigenvalue weighted by atomic mass is 10.3. The number of alkyl halides is 3. The van der Waals surface area contributed by atoms with E-state index in [4.69, 9.17) is 4.74 Å². The normalized spacial score (nSPS) is 11.2. The van der Waals surface area contributed by atoms with E-state index < -0.39 is 11.7 Å². The number of nitrogens with one attached hydrogen (secondary N) is 2. The largest absolute Gasteiger partial charge is 0.496 e. The fourth-order valence-corrected chi connectivity index (χ4v) is 1.96. The summed E-state index contributed by atoms with van der Waals surface area (Å²) in [6, 6.07) is 6.08. The summed E-state index contributed by atoms with van der Waals surface area (Å²) in [6.07, 6.45) is -3.80. The predicted octanol–water partition coefficient (Wildman–Crippen LogP) is 3.85. The van der Waals surface area contributed by atoms with Crippen LogP contribution in [0.5, 0.6) is 5.75 Å². The maximum Gasteiger partial charge on any atom is 0.421 e. The van der Waals surface area contributed by atoms with Crippen LogP contribution in [-0.2, 0) is 6.18 Å². The van der Waals surface area contributed by atoms with Gasteiger partial charge in [0.2, 0.25) is 5.95 Å². The minimum Gasteiger partial charge on any atom is -0.496 e. The number of hydrogen-bond acceptors (Lipinski definition) is 5. The smallest absolute Gasteiger partial charge is 0.421 e. The Balaban J connectivity index is 2.35. The van der Waals surface area contributed by atoms with Crippen LogP contribution in [0.2, 0.25) is 0 Å². The van der Waals surface area contributed by atoms with E-state index in [1.54, 1.807) is 12.1 Å². The molecule has 0 saturated heterocycles. The van der Waals surface area contributed by atoms with E-state index in [1.165, 1.54) is 14.2 Å². The van der Waals surface area contributed by atoms with E-state index in [2.05, 4.69) is 42.6 Å². The van der Waals surface area contributed by atoms with Crippen molar-refractivity contribution in [3.63, 3.8) is 0 Å². The van der Waals surface area contributed by atoms with Crippen molar-refractivity contribution in [1.82, 2.24) is 9.97 Å². The highest BCUT2D eigenvalue weighted by atomic mass is 79.9. The minimum atomic E-state index is -4.53. The van der Waals surface area contributed by atoms with E-state index >= 15 is 0 Å². The first-order chi connectivity index (χ1) is 10.3. The van der Waals surface area contributed by atoms with Crippen LogP contribution < -0.4 is 15.4 Å². The maximum absolute atomic E-state index is 12.8. The first kappa shape index (κ1) is 16.3. The van der Waals surface area contributed by atoms with Crippen molar-refractivity contribution < 1.29 is 17.9 Å². The fourth-order valence-electron chi connectivity index (χ4n) is 1.63. The summed E-state index contributed by atoms with van der Waals surface area (Å²) in [4.78, 5) is 7.52. The van der Waals surface area contributed by atoms with Crippen molar-refractivity contribution in [3.8, 4) is 5.75 Å². The SMILES string of the molecule is CNc1nc(Nc2cc(OC)[c]cc2Br)ncc1C(F)(F)F. The molecule has 117 valence electrons. The van der Waals surface area contributed by atoms with Gasteiger partial charge >= 0.3 is 6.18 Å². The number of aromatic nitrogens is 2. The van der Waals surface area contributed by atoms with Gasteiger partial charge in [0.25, 0.3) is 0 Å². The van der Waals surface area contributed by atoms with Gasteiger partial charge in [-0.15, -0.1) is 0 Å². The topological polar surface area (TPSA) is 59.1 Å². The highest BCUT2D eigenvalue weighted by molar-refractivity contribution is 9.10. The standard InChI is InChI=1S/C13H11BrF3N4O/c1-18-11-8(13(15,16)17)6-19-12(21-11)20-10-5-7(22-2)3-4-9(10)14/h4-6H,1-2H3,(H2,18,19,20,21). The van der Waals surface area contributed by atoms with E-state index in [9.17, 15) is 13.2 Å². The average molecular weight is 376 g/mol. The molecule has 0 bridgehead atoms. The summed E-state index contributed by atoms with van der Waals surface area (Å²) in [7, 11) is 2.84. The summed E-state index contributed by atoms with van der Waals surface area (Å²) in [5.41, 5.74) is -0.393. The zero-order chi connectivity index (χ0) is 16.3. The molecule has 2 N–H and O–H groups in total. The second kappa shape index (κ2) is 6.39. The number of rotatable bonds is 4. The number of ether oxygens (including phenoxy) is 1. The molecule has 2 aromatic rings. The Bertz CT molecular complexity index is 679. The van der Waals surface area contributed by atoms with E-state index in [0.717, 1.165) is 6.20 Å². The highest BCUT2D eigenvalue weighted by Gasteiger charge is 2.35. The minimum absolute atomic E-state index is 0.0197. The van der Waals surface area contributed by atoms with Gasteiger partial charge in [-0.1, -0.05) is 0 Å². The van der Waals surface area contributed by atoms with E-state index in [1.807, 2.05) is 0 Å². The molecule has 1 aromatic heterocycles. The molecular weight excluding hydrogens is 365 g/mol. The molecule has 1 heterocycles. The third-order valence-corrected chi connectivity index (χ3v) is 3.33. The summed E-state index contributed by atoms with van der Waals surface area (Å²) in [5.74, 6) is 0.174. The monoisotopic (exact) mass is 375 g/mol. The summed E-state index contributed by atoms with van der Waals surface area (Å²) in [5, 5.41) is 5.24. The zero-order valence-corrected chi connectivity index (χ0v) is 13.1. The molecule has 9 heteroatoms. The van der Waals surface area contributed by atoms with Crippen LogP contribution >= 0.6 is 15.9 Å². The molecule has 0 unspecified atom stereocenters. The molecule has 0 aliphatic rings. The van der Waals surface area contributed by atoms with Crippen molar-refractivity contribution >= 4 is 33.4 Å². The van der Waals surface area contributed by atoms with Gasteiger partial charge in [0, 0.05) is 29.8 Å². The van der Waals surface area contributed by atoms with Gasteiger partial charge in [-0.25, -0.2) is 4.98 Å². The third kappa shape index (κ3) is 3.59. The van der Waals surface area contributed by atoms with Crippen LogP contribution in [0, 0.1) is 6.07 Å². The van der Waals surface area contributed by atoms with Crippen molar-refractivity contribution in [1.29, 1.82) is 0 Å². The van der Waals surface area contributed by atoms with Crippen LogP contribution in [0.3, 0.4) is 0 Å². The third-order valence-electron chi connectivity index (χ3n) is 2.67. The zero-order valence-electron chi connectivity index (χ0n) is 11.5. The lowest BCUT2D eigenvalue weighted by Crippen LogP contribution is -2.12. The molecule has 0 fully saturated rings. The molecule has 0 saturated carbocycles. The molecule has 0 spiro atoms. The Morgan fingerprint density at radius 3 is 2.68 bits per heavy atom. The molecule has 22 heavy (non-hydrogen) atoms. The van der Waals surface area contributed by atoms with Crippen LogP contribution in [0.4, 0.5) is 30.6 Å². The Morgan fingerprint density at radius 1 is 1.36 bits per heavy atom. The Labute approximate surface area is 133 Å². The van der Waals surface area contributed by atoms with E-state index in [-0.39, 0.29) is 11.8 Å². The number of anilines is 3. The Morgan fingerprint density at radius 2 is 2.09 bits per heavy atom. The van der Waals surface area contributed by atoms with Crippen molar-refractivity contribution in [2.45, 2.75) is 6.18 Å². The second-order valence-corrected chi connectivity index (χ2v) is 4.95. The fraction of sp³-hybridized carbons (Fsp3) is 0.231. The Hall–Kier alpha value is -2.03. The molecule has 2 rings (SSSR count). The first-order valence-electron chi connectivity index (χ1n) is 5.99. The number of halogens is 4. The number of hydrogen-bond donors (Lipinski definition) is 2. The molecule has 0 amide bonds. The lowest BCUT2D eigenvalue weighted by Gasteiger charge is -2.13. The van der Waals surface area contributed by atoms with Gasteiger partial charge in [0.15, 0.2) is 0 Å². The van der Waals surface area contributed by atoms with Crippen LogP contribution in [0.25, 0.3) is 0 Å². The van der Waals surface area contributed by atoms with Gasteiger partial charge in [-0.2, -0.15) is 18.2 Å². The van der Waals surface area contributed by atoms with Crippen LogP contribution in [0.15, 0.2) is 22.8 Å². The van der Waals surface area contributed by atoms with Gasteiger partial charge in [-0.05, 0) is 22.0 Å². The van der Waals surface area contributed by atoms with E-state index in [0.29, 0.717) is 15.9 Å². The molecular formula is C13H11BrF3N4O. The van der Waals surface area contributed by atoms with Crippen LogP contribution in [-0.4, -0.2) is 24.1 Å². The molecule has 1 radical (unpaired) electrons. The predicted molar refractivity (Wildman–Crippen MR) is 79.4 cm³/mol. The first-order valence-corrected chi connectivity index (χ1v) is 6.78. The van der Waals surface area contributed by atoms with Crippen LogP contribution in [0.1, 0.15) is 5.56 Å². The molecule has 1 aromatic carbocycles. The average Bonchev–Trinajstić information content (AvgIpc) is 2.48. The van der Waals surface area contributed by atoms with Crippen molar-refractivity contribution in [3.05, 3.63) is 34.4 Å². The quantitative estimate of drug-likeness (QED) is 0.849. The lowest BCUT2D eigenvalue weighted by molar-refractivity contribution is -0.137. The van der Waals surface area contributed by atoms with Crippen molar-refractivity contribution in [2.75, 3.05) is 24.8 Å². The highest BCUT2D eigenvalue weighted by Crippen LogP contribution is 2.34. The summed E-state index contributed by atoms with van der Waals surface area (Å²) < 4.78 is 44.0. The number of methoxy groups -OCH3 is 1.